The number of nitrogens with zero attached hydrogens (tertiary/aromatic N) is 6. The van der Waals surface area contributed by atoms with Crippen molar-refractivity contribution in [3.05, 3.63) is 69.8 Å². The van der Waals surface area contributed by atoms with Gasteiger partial charge in [-0.3, -0.25) is 24.1 Å². The van der Waals surface area contributed by atoms with E-state index in [1.54, 1.807) is 17.9 Å². The molecule has 2 fully saturated rings. The van der Waals surface area contributed by atoms with Crippen LogP contribution in [-0.4, -0.2) is 82.2 Å². The van der Waals surface area contributed by atoms with Gasteiger partial charge in [-0.2, -0.15) is 5.10 Å². The first-order valence-electron chi connectivity index (χ1n) is 13.8. The third kappa shape index (κ3) is 5.00. The summed E-state index contributed by atoms with van der Waals surface area (Å²) in [5, 5.41) is 7.00. The van der Waals surface area contributed by atoms with Crippen molar-refractivity contribution in [1.29, 1.82) is 0 Å². The normalized spacial score (nSPS) is 20.8. The number of carbonyl (C=O) groups is 2. The average molecular weight is 602 g/mol. The first-order chi connectivity index (χ1) is 20.0. The zero-order chi connectivity index (χ0) is 29.9. The van der Waals surface area contributed by atoms with E-state index in [0.717, 1.165) is 17.6 Å². The SMILES string of the molecule is CN(CC1CC1)C(=O)CN1CC(Nc2ncc3c(c2F)[C@@](C)(c2cccc(Cl)c2F)CN(c2nn(C)cc2F)C3=O)C1. The molecule has 0 spiro atoms. The molecular formula is C29H31ClF3N7O2. The minimum absolute atomic E-state index is 0.0461. The van der Waals surface area contributed by atoms with E-state index in [0.29, 0.717) is 19.0 Å². The quantitative estimate of drug-likeness (QED) is 0.423. The highest BCUT2D eigenvalue weighted by Crippen LogP contribution is 2.45. The highest BCUT2D eigenvalue weighted by Gasteiger charge is 2.47. The standard InChI is InChI=1S/C29H31ClF3N7O2/c1-29(19-5-4-6-20(30)24(19)32)15-40(27-21(31)13-38(3)36-27)28(42)18-9-34-26(25(33)23(18)29)35-17-11-39(12-17)14-22(41)37(2)10-16-7-8-16/h4-6,9,13,16-17H,7-8,10-12,14-15H2,1-3H3,(H,34,35)/t29-/m1/s1. The summed E-state index contributed by atoms with van der Waals surface area (Å²) in [6.45, 7) is 3.36. The molecule has 1 saturated heterocycles. The predicted octanol–water partition coefficient (Wildman–Crippen LogP) is 3.82. The Morgan fingerprint density at radius 3 is 2.62 bits per heavy atom. The number of likely N-dealkylation sites (N-methyl/N-ethyl adjacent to an activating group) is 1. The second-order valence-electron chi connectivity index (χ2n) is 11.8. The number of halogens is 4. The van der Waals surface area contributed by atoms with E-state index in [9.17, 15) is 14.0 Å². The molecule has 1 N–H and O–H groups in total. The molecule has 1 atom stereocenters. The lowest BCUT2D eigenvalue weighted by atomic mass is 9.71. The molecule has 3 aromatic rings. The van der Waals surface area contributed by atoms with E-state index in [-0.39, 0.29) is 58.4 Å². The maximum absolute atomic E-state index is 16.4. The van der Waals surface area contributed by atoms with Crippen molar-refractivity contribution in [2.24, 2.45) is 13.0 Å². The number of aryl methyl sites for hydroxylation is 1. The number of amides is 2. The van der Waals surface area contributed by atoms with Crippen LogP contribution in [0.1, 0.15) is 41.3 Å². The second kappa shape index (κ2) is 10.6. The molecule has 1 saturated carbocycles. The third-order valence-corrected chi connectivity index (χ3v) is 8.69. The summed E-state index contributed by atoms with van der Waals surface area (Å²) in [5.74, 6) is -2.71. The lowest BCUT2D eigenvalue weighted by molar-refractivity contribution is -0.132. The van der Waals surface area contributed by atoms with Gasteiger partial charge in [0.15, 0.2) is 23.3 Å². The lowest BCUT2D eigenvalue weighted by Gasteiger charge is -2.42. The Balaban J connectivity index is 1.29. The molecule has 4 heterocycles. The molecule has 1 aliphatic carbocycles. The van der Waals surface area contributed by atoms with E-state index in [2.05, 4.69) is 15.4 Å². The van der Waals surface area contributed by atoms with Crippen molar-refractivity contribution in [3.63, 3.8) is 0 Å². The van der Waals surface area contributed by atoms with Crippen molar-refractivity contribution < 1.29 is 22.8 Å². The average Bonchev–Trinajstić information content (AvgIpc) is 3.67. The van der Waals surface area contributed by atoms with Crippen molar-refractivity contribution >= 4 is 35.1 Å². The van der Waals surface area contributed by atoms with Gasteiger partial charge < -0.3 is 10.2 Å². The number of nitrogens with one attached hydrogen (secondary N) is 1. The summed E-state index contributed by atoms with van der Waals surface area (Å²) < 4.78 is 47.9. The van der Waals surface area contributed by atoms with Crippen LogP contribution in [0.3, 0.4) is 0 Å². The molecule has 2 aromatic heterocycles. The van der Waals surface area contributed by atoms with Gasteiger partial charge in [0, 0.05) is 63.0 Å². The number of hydrogen-bond acceptors (Lipinski definition) is 6. The van der Waals surface area contributed by atoms with Crippen LogP contribution in [0.25, 0.3) is 0 Å². The van der Waals surface area contributed by atoms with E-state index >= 15 is 8.78 Å². The molecule has 3 aliphatic rings. The maximum atomic E-state index is 16.4. The highest BCUT2D eigenvalue weighted by atomic mass is 35.5. The van der Waals surface area contributed by atoms with Gasteiger partial charge in [-0.25, -0.2) is 18.2 Å². The molecule has 9 nitrogen and oxygen atoms in total. The fourth-order valence-corrected chi connectivity index (χ4v) is 6.11. The van der Waals surface area contributed by atoms with Crippen molar-refractivity contribution in [1.82, 2.24) is 24.6 Å². The van der Waals surface area contributed by atoms with E-state index in [1.807, 2.05) is 11.9 Å². The van der Waals surface area contributed by atoms with Crippen molar-refractivity contribution in [2.75, 3.05) is 50.0 Å². The zero-order valence-electron chi connectivity index (χ0n) is 23.5. The number of hydrogen-bond donors (Lipinski definition) is 1. The molecular weight excluding hydrogens is 571 g/mol. The number of benzene rings is 1. The van der Waals surface area contributed by atoms with Crippen LogP contribution in [0.5, 0.6) is 0 Å². The van der Waals surface area contributed by atoms with Gasteiger partial charge in [0.05, 0.1) is 29.4 Å². The van der Waals surface area contributed by atoms with Crippen LogP contribution < -0.4 is 10.2 Å². The Morgan fingerprint density at radius 1 is 1.21 bits per heavy atom. The van der Waals surface area contributed by atoms with Gasteiger partial charge in [-0.1, -0.05) is 23.7 Å². The minimum Gasteiger partial charge on any atom is -0.362 e. The first-order valence-corrected chi connectivity index (χ1v) is 14.2. The molecule has 0 radical (unpaired) electrons. The summed E-state index contributed by atoms with van der Waals surface area (Å²) in [6.07, 6.45) is 4.67. The van der Waals surface area contributed by atoms with E-state index in [1.165, 1.54) is 42.9 Å². The van der Waals surface area contributed by atoms with Gasteiger partial charge in [-0.05, 0) is 31.7 Å². The highest BCUT2D eigenvalue weighted by molar-refractivity contribution is 6.30. The summed E-state index contributed by atoms with van der Waals surface area (Å²) in [7, 11) is 3.32. The Labute approximate surface area is 246 Å². The van der Waals surface area contributed by atoms with Crippen LogP contribution in [0.4, 0.5) is 24.8 Å². The number of fused-ring (bicyclic) bond motifs is 1. The summed E-state index contributed by atoms with van der Waals surface area (Å²) in [4.78, 5) is 35.1. The fraction of sp³-hybridized carbons (Fsp3) is 0.448. The monoisotopic (exact) mass is 601 g/mol. The number of pyridine rings is 1. The molecule has 1 aromatic carbocycles. The smallest absolute Gasteiger partial charge is 0.261 e. The minimum atomic E-state index is -1.48. The lowest BCUT2D eigenvalue weighted by Crippen LogP contribution is -2.57. The van der Waals surface area contributed by atoms with Crippen LogP contribution in [0, 0.1) is 23.4 Å². The van der Waals surface area contributed by atoms with E-state index < -0.39 is 28.8 Å². The second-order valence-corrected chi connectivity index (χ2v) is 12.2. The molecule has 0 unspecified atom stereocenters. The molecule has 222 valence electrons. The summed E-state index contributed by atoms with van der Waals surface area (Å²) >= 11 is 6.11. The number of carbonyl (C=O) groups excluding carboxylic acids is 2. The predicted molar refractivity (Wildman–Crippen MR) is 151 cm³/mol. The van der Waals surface area contributed by atoms with Crippen LogP contribution >= 0.6 is 11.6 Å². The molecule has 42 heavy (non-hydrogen) atoms. The zero-order valence-corrected chi connectivity index (χ0v) is 24.3. The Bertz CT molecular complexity index is 1570. The Morgan fingerprint density at radius 2 is 1.95 bits per heavy atom. The topological polar surface area (TPSA) is 86.6 Å². The van der Waals surface area contributed by atoms with Gasteiger partial charge in [0.1, 0.15) is 5.82 Å². The van der Waals surface area contributed by atoms with Gasteiger partial charge >= 0.3 is 0 Å². The Hall–Kier alpha value is -3.64. The largest absolute Gasteiger partial charge is 0.362 e. The van der Waals surface area contributed by atoms with Crippen LogP contribution in [-0.2, 0) is 17.3 Å². The first kappa shape index (κ1) is 28.5. The third-order valence-electron chi connectivity index (χ3n) is 8.40. The number of aromatic nitrogens is 3. The maximum Gasteiger partial charge on any atom is 0.261 e. The molecule has 13 heteroatoms. The van der Waals surface area contributed by atoms with Crippen LogP contribution in [0.15, 0.2) is 30.6 Å². The summed E-state index contributed by atoms with van der Waals surface area (Å²) in [5.41, 5.74) is -1.62. The number of rotatable bonds is 8. The number of likely N-dealkylation sites (tertiary alicyclic amines) is 1. The fourth-order valence-electron chi connectivity index (χ4n) is 5.94. The van der Waals surface area contributed by atoms with E-state index in [4.69, 9.17) is 11.6 Å². The molecule has 0 bridgehead atoms. The van der Waals surface area contributed by atoms with Gasteiger partial charge in [-0.15, -0.1) is 0 Å². The van der Waals surface area contributed by atoms with Gasteiger partial charge in [0.25, 0.3) is 5.91 Å². The molecule has 6 rings (SSSR count). The number of anilines is 2. The van der Waals surface area contributed by atoms with Crippen LogP contribution in [0.2, 0.25) is 5.02 Å². The molecule has 2 aliphatic heterocycles. The summed E-state index contributed by atoms with van der Waals surface area (Å²) in [6, 6.07) is 4.21. The molecule has 2 amide bonds. The van der Waals surface area contributed by atoms with Crippen molar-refractivity contribution in [2.45, 2.75) is 31.2 Å². The Kier molecular flexibility index (Phi) is 7.17. The van der Waals surface area contributed by atoms with Gasteiger partial charge in [0.2, 0.25) is 5.91 Å². The van der Waals surface area contributed by atoms with Crippen molar-refractivity contribution in [3.8, 4) is 0 Å².